The van der Waals surface area contributed by atoms with E-state index in [4.69, 9.17) is 9.88 Å². The van der Waals surface area contributed by atoms with Gasteiger partial charge in [-0.3, -0.25) is 4.79 Å². The third-order valence-electron chi connectivity index (χ3n) is 5.77. The third kappa shape index (κ3) is 4.53. The van der Waals surface area contributed by atoms with E-state index in [2.05, 4.69) is 17.2 Å². The van der Waals surface area contributed by atoms with Crippen molar-refractivity contribution in [2.75, 3.05) is 5.32 Å². The zero-order valence-corrected chi connectivity index (χ0v) is 18.7. The number of H-pyrrole nitrogens is 1. The molecule has 0 fully saturated rings. The number of sulfonamides is 1. The first-order chi connectivity index (χ1) is 15.1. The Morgan fingerprint density at radius 3 is 2.59 bits per heavy atom. The number of fused-ring (bicyclic) bond motifs is 3. The van der Waals surface area contributed by atoms with Crippen LogP contribution < -0.4 is 10.5 Å². The molecule has 0 radical (unpaired) electrons. The Labute approximate surface area is 186 Å². The van der Waals surface area contributed by atoms with E-state index in [9.17, 15) is 18.0 Å². The van der Waals surface area contributed by atoms with Crippen LogP contribution in [0.1, 0.15) is 41.9 Å². The Balaban J connectivity index is 1.44. The van der Waals surface area contributed by atoms with E-state index >= 15 is 0 Å². The molecule has 8 nitrogen and oxygen atoms in total. The van der Waals surface area contributed by atoms with Crippen molar-refractivity contribution in [1.82, 2.24) is 4.98 Å². The van der Waals surface area contributed by atoms with Crippen molar-refractivity contribution in [3.05, 3.63) is 59.3 Å². The van der Waals surface area contributed by atoms with Crippen molar-refractivity contribution in [3.63, 3.8) is 0 Å². The monoisotopic (exact) mass is 455 g/mol. The first-order valence-electron chi connectivity index (χ1n) is 10.4. The van der Waals surface area contributed by atoms with Gasteiger partial charge < -0.3 is 15.0 Å². The maximum Gasteiger partial charge on any atom is 0.338 e. The highest BCUT2D eigenvalue weighted by Gasteiger charge is 2.23. The number of aromatic amines is 1. The van der Waals surface area contributed by atoms with Crippen LogP contribution in [0.25, 0.3) is 10.9 Å². The Morgan fingerprint density at radius 2 is 1.91 bits per heavy atom. The molecular weight excluding hydrogens is 430 g/mol. The second-order valence-corrected chi connectivity index (χ2v) is 9.86. The molecule has 0 bridgehead atoms. The van der Waals surface area contributed by atoms with Crippen LogP contribution in [-0.4, -0.2) is 31.4 Å². The summed E-state index contributed by atoms with van der Waals surface area (Å²) in [7, 11) is -3.82. The molecule has 4 rings (SSSR count). The van der Waals surface area contributed by atoms with E-state index in [-0.39, 0.29) is 4.90 Å². The van der Waals surface area contributed by atoms with Crippen LogP contribution in [0.4, 0.5) is 5.69 Å². The van der Waals surface area contributed by atoms with Crippen LogP contribution >= 0.6 is 0 Å². The van der Waals surface area contributed by atoms with Gasteiger partial charge in [-0.05, 0) is 80.1 Å². The summed E-state index contributed by atoms with van der Waals surface area (Å²) in [4.78, 5) is 28.5. The largest absolute Gasteiger partial charge is 0.449 e. The lowest BCUT2D eigenvalue weighted by molar-refractivity contribution is -0.123. The van der Waals surface area contributed by atoms with Crippen molar-refractivity contribution >= 4 is 38.5 Å². The summed E-state index contributed by atoms with van der Waals surface area (Å²) in [5.41, 5.74) is 4.22. The predicted octanol–water partition coefficient (Wildman–Crippen LogP) is 3.12. The molecule has 9 heteroatoms. The highest BCUT2D eigenvalue weighted by molar-refractivity contribution is 7.89. The summed E-state index contributed by atoms with van der Waals surface area (Å²) in [6.45, 7) is 3.70. The van der Waals surface area contributed by atoms with Gasteiger partial charge in [0.2, 0.25) is 10.0 Å². The molecular formula is C23H25N3O5S. The van der Waals surface area contributed by atoms with Crippen molar-refractivity contribution in [1.29, 1.82) is 0 Å². The molecule has 0 saturated carbocycles. The van der Waals surface area contributed by atoms with Crippen molar-refractivity contribution < 1.29 is 22.7 Å². The Kier molecular flexibility index (Phi) is 5.79. The molecule has 2 aromatic carbocycles. The minimum absolute atomic E-state index is 0.0632. The van der Waals surface area contributed by atoms with Crippen molar-refractivity contribution in [2.45, 2.75) is 44.1 Å². The minimum atomic E-state index is -3.82. The van der Waals surface area contributed by atoms with Gasteiger partial charge in [-0.1, -0.05) is 6.92 Å². The summed E-state index contributed by atoms with van der Waals surface area (Å²) >= 11 is 0. The molecule has 0 unspecified atom stereocenters. The van der Waals surface area contributed by atoms with Gasteiger partial charge >= 0.3 is 5.97 Å². The van der Waals surface area contributed by atoms with Crippen LogP contribution in [0.2, 0.25) is 0 Å². The Bertz CT molecular complexity index is 1300. The molecule has 1 amide bonds. The number of nitrogens with two attached hydrogens (primary N) is 1. The van der Waals surface area contributed by atoms with Gasteiger partial charge in [0.05, 0.1) is 10.5 Å². The SMILES string of the molecule is C[C@@H]1CCc2[nH]c3ccc(C(=O)O[C@H](C)C(=O)Nc4ccc(S(N)(=O)=O)cc4)cc3c2C1. The molecule has 3 aromatic rings. The maximum atomic E-state index is 12.7. The second kappa shape index (κ2) is 8.40. The van der Waals surface area contributed by atoms with Gasteiger partial charge in [0.15, 0.2) is 6.10 Å². The number of benzene rings is 2. The highest BCUT2D eigenvalue weighted by atomic mass is 32.2. The molecule has 4 N–H and O–H groups in total. The van der Waals surface area contributed by atoms with E-state index in [0.717, 1.165) is 30.2 Å². The molecule has 2 atom stereocenters. The first-order valence-corrected chi connectivity index (χ1v) is 11.9. The standard InChI is InChI=1S/C23H25N3O5S/c1-13-3-9-20-18(11-13)19-12-15(4-10-21(19)26-20)23(28)31-14(2)22(27)25-16-5-7-17(8-6-16)32(24,29)30/h4-8,10,12-14,26H,3,9,11H2,1-2H3,(H,25,27)(H2,24,29,30)/t13-,14-/m1/s1. The number of rotatable bonds is 5. The molecule has 168 valence electrons. The van der Waals surface area contributed by atoms with Crippen LogP contribution in [0.3, 0.4) is 0 Å². The van der Waals surface area contributed by atoms with Gasteiger partial charge in [0.25, 0.3) is 5.91 Å². The number of carbonyl (C=O) groups excluding carboxylic acids is 2. The van der Waals surface area contributed by atoms with Crippen LogP contribution in [-0.2, 0) is 32.4 Å². The number of aromatic nitrogens is 1. The zero-order chi connectivity index (χ0) is 23.0. The number of anilines is 1. The average molecular weight is 456 g/mol. The van der Waals surface area contributed by atoms with E-state index < -0.39 is 28.0 Å². The molecule has 0 aliphatic heterocycles. The van der Waals surface area contributed by atoms with E-state index in [0.29, 0.717) is 17.2 Å². The van der Waals surface area contributed by atoms with E-state index in [1.54, 1.807) is 6.07 Å². The minimum Gasteiger partial charge on any atom is -0.449 e. The van der Waals surface area contributed by atoms with E-state index in [1.807, 2.05) is 12.1 Å². The highest BCUT2D eigenvalue weighted by Crippen LogP contribution is 2.32. The van der Waals surface area contributed by atoms with Crippen LogP contribution in [0.15, 0.2) is 47.4 Å². The molecule has 1 aromatic heterocycles. The number of carbonyl (C=O) groups is 2. The molecule has 1 heterocycles. The molecule has 1 aliphatic rings. The smallest absolute Gasteiger partial charge is 0.338 e. The Morgan fingerprint density at radius 1 is 1.19 bits per heavy atom. The van der Waals surface area contributed by atoms with Gasteiger partial charge in [-0.2, -0.15) is 0 Å². The molecule has 0 spiro atoms. The zero-order valence-electron chi connectivity index (χ0n) is 17.8. The molecule has 32 heavy (non-hydrogen) atoms. The maximum absolute atomic E-state index is 12.7. The first kappa shape index (κ1) is 22.0. The molecule has 1 aliphatic carbocycles. The fourth-order valence-electron chi connectivity index (χ4n) is 3.97. The second-order valence-electron chi connectivity index (χ2n) is 8.30. The lowest BCUT2D eigenvalue weighted by Gasteiger charge is -2.18. The van der Waals surface area contributed by atoms with E-state index in [1.165, 1.54) is 42.4 Å². The summed E-state index contributed by atoms with van der Waals surface area (Å²) in [6.07, 6.45) is 2.07. The lowest BCUT2D eigenvalue weighted by Crippen LogP contribution is -2.30. The summed E-state index contributed by atoms with van der Waals surface area (Å²) in [6, 6.07) is 10.8. The number of aryl methyl sites for hydroxylation is 1. The number of amides is 1. The van der Waals surface area contributed by atoms with Gasteiger partial charge in [-0.25, -0.2) is 18.4 Å². The third-order valence-corrected chi connectivity index (χ3v) is 6.70. The normalized spacial score (nSPS) is 16.9. The fourth-order valence-corrected chi connectivity index (χ4v) is 4.49. The van der Waals surface area contributed by atoms with Crippen LogP contribution in [0.5, 0.6) is 0 Å². The van der Waals surface area contributed by atoms with Gasteiger partial charge in [0.1, 0.15) is 0 Å². The van der Waals surface area contributed by atoms with Gasteiger partial charge in [0, 0.05) is 22.3 Å². The topological polar surface area (TPSA) is 131 Å². The average Bonchev–Trinajstić information content (AvgIpc) is 3.10. The lowest BCUT2D eigenvalue weighted by atomic mass is 9.87. The Hall–Kier alpha value is -3.17. The van der Waals surface area contributed by atoms with Crippen LogP contribution in [0, 0.1) is 5.92 Å². The number of hydrogen-bond donors (Lipinski definition) is 3. The number of nitrogens with one attached hydrogen (secondary N) is 2. The number of primary sulfonamides is 1. The quantitative estimate of drug-likeness (QED) is 0.509. The number of ether oxygens (including phenoxy) is 1. The predicted molar refractivity (Wildman–Crippen MR) is 121 cm³/mol. The summed E-state index contributed by atoms with van der Waals surface area (Å²) < 4.78 is 28.0. The molecule has 0 saturated heterocycles. The summed E-state index contributed by atoms with van der Waals surface area (Å²) in [5, 5.41) is 8.68. The fraction of sp³-hybridized carbons (Fsp3) is 0.304. The van der Waals surface area contributed by atoms with Crippen molar-refractivity contribution in [2.24, 2.45) is 11.1 Å². The summed E-state index contributed by atoms with van der Waals surface area (Å²) in [5.74, 6) is -0.520. The van der Waals surface area contributed by atoms with Crippen molar-refractivity contribution in [3.8, 4) is 0 Å². The number of esters is 1. The van der Waals surface area contributed by atoms with Gasteiger partial charge in [-0.15, -0.1) is 0 Å². The number of hydrogen-bond acceptors (Lipinski definition) is 5.